The Morgan fingerprint density at radius 2 is 1.04 bits per heavy atom. The van der Waals surface area contributed by atoms with E-state index in [1.807, 2.05) is 0 Å². The summed E-state index contributed by atoms with van der Waals surface area (Å²) in [7, 11) is 0. The lowest BCUT2D eigenvalue weighted by molar-refractivity contribution is 0.591. The molecule has 2 aliphatic heterocycles. The predicted octanol–water partition coefficient (Wildman–Crippen LogP) is 15.5. The first-order chi connectivity index (χ1) is 35.0. The van der Waals surface area contributed by atoms with Crippen molar-refractivity contribution >= 4 is 73.7 Å². The van der Waals surface area contributed by atoms with Crippen LogP contribution in [-0.2, 0) is 5.41 Å². The van der Waals surface area contributed by atoms with Crippen LogP contribution < -0.4 is 21.3 Å². The van der Waals surface area contributed by atoms with Crippen molar-refractivity contribution in [1.29, 1.82) is 0 Å². The number of para-hydroxylation sites is 2. The van der Waals surface area contributed by atoms with Gasteiger partial charge in [0.1, 0.15) is 0 Å². The molecule has 0 spiro atoms. The van der Waals surface area contributed by atoms with Gasteiger partial charge in [0.05, 0.1) is 22.2 Å². The first-order valence-electron chi connectivity index (χ1n) is 25.4. The molecule has 0 amide bonds. The molecule has 1 aromatic heterocycles. The van der Waals surface area contributed by atoms with Crippen molar-refractivity contribution in [3.8, 4) is 50.2 Å². The zero-order valence-corrected chi connectivity index (χ0v) is 38.8. The van der Waals surface area contributed by atoms with Gasteiger partial charge >= 0.3 is 0 Å². The molecule has 4 heteroatoms. The summed E-state index contributed by atoms with van der Waals surface area (Å²) in [6.07, 6.45) is 0. The Bertz CT molecular complexity index is 3930. The second-order valence-electron chi connectivity index (χ2n) is 19.0. The number of rotatable bonds is 6. The van der Waals surface area contributed by atoms with Gasteiger partial charge in [-0.25, -0.2) is 0 Å². The van der Waals surface area contributed by atoms with E-state index in [4.69, 9.17) is 2.74 Å². The van der Waals surface area contributed by atoms with E-state index in [1.54, 1.807) is 11.8 Å². The molecule has 0 saturated carbocycles. The van der Waals surface area contributed by atoms with Crippen LogP contribution in [0.25, 0.3) is 72.0 Å². The second kappa shape index (κ2) is 15.9. The fraction of sp³-hybridized carbons (Fsp3) is 0.0625. The summed E-state index contributed by atoms with van der Waals surface area (Å²) in [5, 5.41) is 1.31. The minimum absolute atomic E-state index is 0.0378. The smallest absolute Gasteiger partial charge is 0.249 e. The topological polar surface area (TPSA) is 8.17 Å². The molecule has 0 fully saturated rings. The Hall–Kier alpha value is -7.79. The van der Waals surface area contributed by atoms with Gasteiger partial charge in [-0.2, -0.15) is 0 Å². The second-order valence-corrected chi connectivity index (χ2v) is 20.1. The zero-order chi connectivity index (χ0) is 49.0. The molecule has 10 aromatic carbocycles. The highest BCUT2D eigenvalue weighted by molar-refractivity contribution is 8.00. The molecule has 0 atom stereocenters. The largest absolute Gasteiger partial charge is 0.310 e. The number of nitrogens with zero attached hydrogens (tertiary/aromatic N) is 2. The van der Waals surface area contributed by atoms with Crippen LogP contribution in [0.2, 0.25) is 0 Å². The zero-order valence-electron chi connectivity index (χ0n) is 42.0. The van der Waals surface area contributed by atoms with Crippen LogP contribution in [0.15, 0.2) is 240 Å². The molecule has 2 nitrogen and oxygen atoms in total. The molecule has 0 N–H and O–H groups in total. The number of fused-ring (bicyclic) bond motifs is 7. The predicted molar refractivity (Wildman–Crippen MR) is 291 cm³/mol. The van der Waals surface area contributed by atoms with Crippen molar-refractivity contribution in [2.24, 2.45) is 0 Å². The molecule has 0 aliphatic carbocycles. The first kappa shape index (κ1) is 36.3. The highest BCUT2D eigenvalue weighted by Crippen LogP contribution is 2.50. The van der Waals surface area contributed by atoms with Crippen molar-refractivity contribution in [2.75, 3.05) is 4.90 Å². The monoisotopic (exact) mass is 890 g/mol. The highest BCUT2D eigenvalue weighted by Gasteiger charge is 2.43. The Morgan fingerprint density at radius 1 is 0.456 bits per heavy atom. The summed E-state index contributed by atoms with van der Waals surface area (Å²) in [6.45, 7) is 6.43. The van der Waals surface area contributed by atoms with Crippen LogP contribution in [0.4, 0.5) is 17.1 Å². The van der Waals surface area contributed by atoms with Gasteiger partial charge in [-0.1, -0.05) is 232 Å². The lowest BCUT2D eigenvalue weighted by Gasteiger charge is -2.42. The summed E-state index contributed by atoms with van der Waals surface area (Å²) in [4.78, 5) is 4.77. The van der Waals surface area contributed by atoms with Gasteiger partial charge in [-0.05, 0) is 91.7 Å². The van der Waals surface area contributed by atoms with E-state index < -0.39 is 0 Å². The van der Waals surface area contributed by atoms with Crippen molar-refractivity contribution in [3.63, 3.8) is 0 Å². The van der Waals surface area contributed by atoms with E-state index in [9.17, 15) is 2.74 Å². The number of hydrogen-bond donors (Lipinski definition) is 0. The molecule has 11 aromatic rings. The number of aromatic nitrogens is 1. The van der Waals surface area contributed by atoms with Gasteiger partial charge in [-0.15, -0.1) is 0 Å². The van der Waals surface area contributed by atoms with E-state index in [-0.39, 0.29) is 36.3 Å². The molecule has 0 bridgehead atoms. The third-order valence-electron chi connectivity index (χ3n) is 13.9. The fourth-order valence-corrected chi connectivity index (χ4v) is 11.8. The molecule has 322 valence electrons. The number of hydrogen-bond acceptors (Lipinski definition) is 2. The maximum Gasteiger partial charge on any atom is 0.249 e. The first-order valence-corrected chi connectivity index (χ1v) is 24.2. The van der Waals surface area contributed by atoms with Crippen LogP contribution in [0.5, 0.6) is 0 Å². The molecule has 68 heavy (non-hydrogen) atoms. The van der Waals surface area contributed by atoms with Crippen LogP contribution >= 0.6 is 11.8 Å². The van der Waals surface area contributed by atoms with Gasteiger partial charge < -0.3 is 9.47 Å². The van der Waals surface area contributed by atoms with Gasteiger partial charge in [-0.3, -0.25) is 0 Å². The summed E-state index contributed by atoms with van der Waals surface area (Å²) >= 11 is 1.78. The molecule has 13 rings (SSSR count). The van der Waals surface area contributed by atoms with Crippen LogP contribution in [0.1, 0.15) is 31.8 Å². The van der Waals surface area contributed by atoms with Crippen molar-refractivity contribution in [2.45, 2.75) is 36.0 Å². The third kappa shape index (κ3) is 6.58. The lowest BCUT2D eigenvalue weighted by atomic mass is 9.34. The maximum atomic E-state index is 9.62. The molecule has 0 saturated heterocycles. The van der Waals surface area contributed by atoms with Gasteiger partial charge in [0.15, 0.2) is 0 Å². The van der Waals surface area contributed by atoms with Crippen molar-refractivity contribution in [3.05, 3.63) is 236 Å². The van der Waals surface area contributed by atoms with E-state index in [0.29, 0.717) is 10.9 Å². The van der Waals surface area contributed by atoms with E-state index in [1.165, 1.54) is 21.3 Å². The van der Waals surface area contributed by atoms with Crippen LogP contribution in [0.3, 0.4) is 0 Å². The number of anilines is 3. The molecule has 3 heterocycles. The summed E-state index contributed by atoms with van der Waals surface area (Å²) < 4.78 is 39.1. The molecule has 2 aliphatic rings. The molecule has 0 radical (unpaired) electrons. The standard InChI is InChI=1S/C64H47BN2S/c1-64(2,3)48-33-34-53-52-27-16-17-30-56(52)66(58(53)39-48)49-40-59-62-61(41-49)68-60-36-32-47(43-21-10-5-11-22-43)38-55(60)65(62)54-37-46(42-19-8-4-9-20-42)31-35-57(54)67(59)63-50(44-23-12-6-13-24-44)28-18-29-51(63)45-25-14-7-15-26-45/h4-41H,1-3H3/i16D,17D,27D,30D. The fourth-order valence-electron chi connectivity index (χ4n) is 10.7. The van der Waals surface area contributed by atoms with E-state index >= 15 is 0 Å². The lowest BCUT2D eigenvalue weighted by Crippen LogP contribution is -2.60. The number of benzene rings is 10. The SMILES string of the molecule is [2H]c1c([2H])c([2H])c2c(c1[2H])c1ccc(C(C)(C)C)cc1n2-c1cc2c3c(c1)N(c1c(-c4ccccc4)cccc1-c1ccccc1)c1ccc(-c4ccccc4)cc1B3c1cc(-c3ccccc3)ccc1S2. The normalized spacial score (nSPS) is 13.6. The third-order valence-corrected chi connectivity index (χ3v) is 15.1. The van der Waals surface area contributed by atoms with Crippen LogP contribution in [0, 0.1) is 0 Å². The molecular formula is C64H47BN2S. The summed E-state index contributed by atoms with van der Waals surface area (Å²) in [5.74, 6) is 0. The minimum atomic E-state index is -0.251. The molecule has 0 unspecified atom stereocenters. The average molecular weight is 891 g/mol. The highest BCUT2D eigenvalue weighted by atomic mass is 32.2. The maximum absolute atomic E-state index is 9.62. The van der Waals surface area contributed by atoms with Crippen molar-refractivity contribution in [1.82, 2.24) is 4.57 Å². The Morgan fingerprint density at radius 3 is 1.68 bits per heavy atom. The summed E-state index contributed by atoms with van der Waals surface area (Å²) in [6, 6.07) is 73.6. The Labute approximate surface area is 408 Å². The van der Waals surface area contributed by atoms with Crippen LogP contribution in [-0.4, -0.2) is 11.3 Å². The van der Waals surface area contributed by atoms with E-state index in [0.717, 1.165) is 88.6 Å². The van der Waals surface area contributed by atoms with Crippen molar-refractivity contribution < 1.29 is 5.48 Å². The van der Waals surface area contributed by atoms with Gasteiger partial charge in [0, 0.05) is 48.8 Å². The quantitative estimate of drug-likeness (QED) is 0.154. The summed E-state index contributed by atoms with van der Waals surface area (Å²) in [5.41, 5.74) is 18.8. The van der Waals surface area contributed by atoms with E-state index in [2.05, 4.69) is 236 Å². The molecular weight excluding hydrogens is 840 g/mol. The van der Waals surface area contributed by atoms with Gasteiger partial charge in [0.25, 0.3) is 0 Å². The van der Waals surface area contributed by atoms with Gasteiger partial charge in [0.2, 0.25) is 6.71 Å². The average Bonchev–Trinajstić information content (AvgIpc) is 3.77. The minimum Gasteiger partial charge on any atom is -0.310 e. The Balaban J connectivity index is 1.19. The Kier molecular flexibility index (Phi) is 8.52.